The van der Waals surface area contributed by atoms with E-state index in [9.17, 15) is 5.11 Å². The van der Waals surface area contributed by atoms with Crippen molar-refractivity contribution >= 4 is 28.3 Å². The summed E-state index contributed by atoms with van der Waals surface area (Å²) in [6, 6.07) is 12.2. The lowest BCUT2D eigenvalue weighted by atomic mass is 10.1. The molecule has 1 aromatic carbocycles. The van der Waals surface area contributed by atoms with Gasteiger partial charge >= 0.3 is 5.95 Å². The van der Waals surface area contributed by atoms with E-state index >= 15 is 0 Å². The second-order valence-corrected chi connectivity index (χ2v) is 8.02. The summed E-state index contributed by atoms with van der Waals surface area (Å²) in [5.74, 6) is 0.721. The van der Waals surface area contributed by atoms with Gasteiger partial charge in [0, 0.05) is 11.4 Å². The smallest absolute Gasteiger partial charge is 0.356 e. The molecule has 2 aromatic heterocycles. The third kappa shape index (κ3) is 3.49. The Kier molecular flexibility index (Phi) is 5.24. The molecule has 138 valence electrons. The molecule has 26 heavy (non-hydrogen) atoms. The molecular weight excluding hydrogens is 344 g/mol. The Morgan fingerprint density at radius 3 is 2.65 bits per heavy atom. The number of anilines is 1. The maximum Gasteiger partial charge on any atom is 0.356 e. The van der Waals surface area contributed by atoms with Crippen molar-refractivity contribution in [3.05, 3.63) is 46.7 Å². The zero-order chi connectivity index (χ0) is 17.9. The van der Waals surface area contributed by atoms with Crippen LogP contribution in [-0.2, 0) is 13.1 Å². The summed E-state index contributed by atoms with van der Waals surface area (Å²) < 4.78 is 4.25. The van der Waals surface area contributed by atoms with Gasteiger partial charge < -0.3 is 10.0 Å². The van der Waals surface area contributed by atoms with Crippen molar-refractivity contribution in [3.63, 3.8) is 0 Å². The van der Waals surface area contributed by atoms with Crippen LogP contribution in [0.3, 0.4) is 0 Å². The normalized spacial score (nSPS) is 17.0. The zero-order valence-corrected chi connectivity index (χ0v) is 15.9. The van der Waals surface area contributed by atoms with Gasteiger partial charge in [-0.15, -0.1) is 11.3 Å². The summed E-state index contributed by atoms with van der Waals surface area (Å²) in [6.07, 6.45) is 3.42. The molecular formula is C20H27N4OS+. The third-order valence-electron chi connectivity index (χ3n) is 5.33. The fraction of sp³-hybridized carbons (Fsp3) is 0.450. The first-order valence-electron chi connectivity index (χ1n) is 9.44. The zero-order valence-electron chi connectivity index (χ0n) is 15.1. The quantitative estimate of drug-likeness (QED) is 0.655. The van der Waals surface area contributed by atoms with Gasteiger partial charge in [0.1, 0.15) is 23.7 Å². The lowest BCUT2D eigenvalue weighted by Crippen LogP contribution is -2.40. The molecule has 0 saturated carbocycles. The van der Waals surface area contributed by atoms with Gasteiger partial charge in [0.05, 0.1) is 6.54 Å². The number of nitrogens with two attached hydrogens (primary N) is 1. The molecule has 1 aliphatic heterocycles. The van der Waals surface area contributed by atoms with E-state index in [4.69, 9.17) is 5.73 Å². The van der Waals surface area contributed by atoms with Crippen molar-refractivity contribution in [1.29, 1.82) is 0 Å². The Morgan fingerprint density at radius 1 is 1.08 bits per heavy atom. The van der Waals surface area contributed by atoms with E-state index in [1.807, 2.05) is 23.6 Å². The monoisotopic (exact) mass is 371 g/mol. The average molecular weight is 372 g/mol. The lowest BCUT2D eigenvalue weighted by Gasteiger charge is -2.25. The highest BCUT2D eigenvalue weighted by Gasteiger charge is 2.24. The average Bonchev–Trinajstić information content (AvgIpc) is 3.29. The third-order valence-corrected chi connectivity index (χ3v) is 6.31. The molecule has 3 aromatic rings. The molecule has 0 spiro atoms. The Hall–Kier alpha value is -1.89. The number of aliphatic hydroxyl groups excluding tert-OH is 1. The topological polar surface area (TPSA) is 58.3 Å². The van der Waals surface area contributed by atoms with E-state index in [-0.39, 0.29) is 0 Å². The number of benzene rings is 1. The standard InChI is InChI=1S/C20H26N4OS/c21-20-23(13-12-22-10-4-1-5-11-22)16-7-2-3-8-17(16)24(20)15-18(25)19-9-6-14-26-19/h2-3,6-9,14,18,21,25H,1,4-5,10-13,15H2/p+1/t18-/m1/s1. The van der Waals surface area contributed by atoms with Crippen LogP contribution in [0.2, 0.25) is 0 Å². The van der Waals surface area contributed by atoms with Gasteiger partial charge in [-0.2, -0.15) is 0 Å². The molecule has 0 radical (unpaired) electrons. The van der Waals surface area contributed by atoms with Gasteiger partial charge in [0.2, 0.25) is 0 Å². The summed E-state index contributed by atoms with van der Waals surface area (Å²) in [5.41, 5.74) is 8.75. The van der Waals surface area contributed by atoms with E-state index in [0.29, 0.717) is 6.54 Å². The Morgan fingerprint density at radius 2 is 1.88 bits per heavy atom. The van der Waals surface area contributed by atoms with Crippen LogP contribution in [0.25, 0.3) is 11.0 Å². The van der Waals surface area contributed by atoms with Crippen molar-refractivity contribution in [2.24, 2.45) is 0 Å². The number of rotatable bonds is 6. The molecule has 3 heterocycles. The minimum Gasteiger partial charge on any atom is -0.384 e. The second-order valence-electron chi connectivity index (χ2n) is 7.04. The molecule has 5 nitrogen and oxygen atoms in total. The molecule has 6 heteroatoms. The fourth-order valence-electron chi connectivity index (χ4n) is 3.91. The largest absolute Gasteiger partial charge is 0.384 e. The highest BCUT2D eigenvalue weighted by atomic mass is 32.1. The van der Waals surface area contributed by atoms with Crippen molar-refractivity contribution in [2.45, 2.75) is 38.5 Å². The summed E-state index contributed by atoms with van der Waals surface area (Å²) in [5, 5.41) is 12.6. The van der Waals surface area contributed by atoms with Crippen LogP contribution in [0.4, 0.5) is 5.95 Å². The minimum atomic E-state index is -0.538. The Balaban J connectivity index is 1.60. The van der Waals surface area contributed by atoms with Gasteiger partial charge in [0.25, 0.3) is 0 Å². The molecule has 0 aliphatic carbocycles. The highest BCUT2D eigenvalue weighted by molar-refractivity contribution is 7.10. The minimum absolute atomic E-state index is 0.476. The molecule has 1 aliphatic rings. The van der Waals surface area contributed by atoms with Crippen molar-refractivity contribution in [3.8, 4) is 0 Å². The maximum atomic E-state index is 10.6. The highest BCUT2D eigenvalue weighted by Crippen LogP contribution is 2.22. The van der Waals surface area contributed by atoms with E-state index < -0.39 is 6.10 Å². The summed E-state index contributed by atoms with van der Waals surface area (Å²) >= 11 is 1.58. The first-order chi connectivity index (χ1) is 12.7. The molecule has 1 saturated heterocycles. The van der Waals surface area contributed by atoms with Crippen LogP contribution in [0.15, 0.2) is 41.8 Å². The van der Waals surface area contributed by atoms with Gasteiger partial charge in [-0.25, -0.2) is 9.13 Å². The maximum absolute atomic E-state index is 10.6. The SMILES string of the molecule is Nc1n(CCN2CCCCC2)c2ccccc2[n+]1C[C@@H](O)c1cccs1. The van der Waals surface area contributed by atoms with Crippen LogP contribution in [0.5, 0.6) is 0 Å². The van der Waals surface area contributed by atoms with Gasteiger partial charge in [-0.3, -0.25) is 5.73 Å². The number of thiophene rings is 1. The molecule has 0 bridgehead atoms. The van der Waals surface area contributed by atoms with E-state index in [1.54, 1.807) is 11.3 Å². The van der Waals surface area contributed by atoms with Crippen molar-refractivity contribution in [1.82, 2.24) is 9.47 Å². The molecule has 0 amide bonds. The molecule has 3 N–H and O–H groups in total. The Labute approximate surface area is 158 Å². The van der Waals surface area contributed by atoms with Crippen LogP contribution in [-0.4, -0.2) is 34.2 Å². The summed E-state index contributed by atoms with van der Waals surface area (Å²) in [7, 11) is 0. The number of aromatic nitrogens is 2. The number of imidazole rings is 1. The van der Waals surface area contributed by atoms with Crippen LogP contribution in [0, 0.1) is 0 Å². The predicted molar refractivity (Wildman–Crippen MR) is 106 cm³/mol. The van der Waals surface area contributed by atoms with E-state index in [0.717, 1.165) is 34.9 Å². The van der Waals surface area contributed by atoms with Crippen LogP contribution >= 0.6 is 11.3 Å². The number of piperidine rings is 1. The van der Waals surface area contributed by atoms with Crippen LogP contribution < -0.4 is 10.3 Å². The van der Waals surface area contributed by atoms with Crippen LogP contribution in [0.1, 0.15) is 30.2 Å². The number of nitrogen functional groups attached to an aromatic ring is 1. The van der Waals surface area contributed by atoms with Crippen molar-refractivity contribution < 1.29 is 9.67 Å². The number of nitrogens with zero attached hydrogens (tertiary/aromatic N) is 3. The fourth-order valence-corrected chi connectivity index (χ4v) is 4.61. The van der Waals surface area contributed by atoms with E-state index in [1.165, 1.54) is 32.4 Å². The first kappa shape index (κ1) is 17.5. The number of hydrogen-bond donors (Lipinski definition) is 2. The molecule has 0 unspecified atom stereocenters. The summed E-state index contributed by atoms with van der Waals surface area (Å²) in [6.45, 7) is 4.76. The van der Waals surface area contributed by atoms with Gasteiger partial charge in [-0.05, 0) is 49.5 Å². The first-order valence-corrected chi connectivity index (χ1v) is 10.3. The molecule has 1 fully saturated rings. The number of hydrogen-bond acceptors (Lipinski definition) is 4. The number of likely N-dealkylation sites (tertiary alicyclic amines) is 1. The predicted octanol–water partition coefficient (Wildman–Crippen LogP) is 2.79. The second kappa shape index (κ2) is 7.78. The Bertz CT molecular complexity index is 852. The van der Waals surface area contributed by atoms with Gasteiger partial charge in [-0.1, -0.05) is 24.6 Å². The molecule has 4 rings (SSSR count). The lowest BCUT2D eigenvalue weighted by molar-refractivity contribution is -0.666. The number of aliphatic hydroxyl groups is 1. The number of fused-ring (bicyclic) bond motifs is 1. The molecule has 1 atom stereocenters. The van der Waals surface area contributed by atoms with Crippen molar-refractivity contribution in [2.75, 3.05) is 25.4 Å². The summed E-state index contributed by atoms with van der Waals surface area (Å²) in [4.78, 5) is 3.50. The van der Waals surface area contributed by atoms with E-state index in [2.05, 4.69) is 32.2 Å². The number of para-hydroxylation sites is 2. The van der Waals surface area contributed by atoms with Gasteiger partial charge in [0.15, 0.2) is 0 Å².